The fourth-order valence-electron chi connectivity index (χ4n) is 3.14. The minimum Gasteiger partial charge on any atom is -0.489 e. The molecule has 3 aromatic carbocycles. The highest BCUT2D eigenvalue weighted by Gasteiger charge is 2.39. The van der Waals surface area contributed by atoms with Crippen LogP contribution in [0.3, 0.4) is 0 Å². The van der Waals surface area contributed by atoms with E-state index in [0.29, 0.717) is 29.0 Å². The van der Waals surface area contributed by atoms with Crippen LogP contribution in [0.25, 0.3) is 0 Å². The molecule has 0 bridgehead atoms. The van der Waals surface area contributed by atoms with Crippen LogP contribution in [0.15, 0.2) is 78.9 Å². The van der Waals surface area contributed by atoms with E-state index in [1.165, 1.54) is 0 Å². The van der Waals surface area contributed by atoms with Gasteiger partial charge in [0.2, 0.25) is 0 Å². The van der Waals surface area contributed by atoms with Gasteiger partial charge in [0.15, 0.2) is 11.6 Å². The minimum absolute atomic E-state index is 0.126. The van der Waals surface area contributed by atoms with Crippen molar-refractivity contribution >= 4 is 11.6 Å². The van der Waals surface area contributed by atoms with E-state index in [1.54, 1.807) is 36.4 Å². The fraction of sp³-hybridized carbons (Fsp3) is 0.0909. The summed E-state index contributed by atoms with van der Waals surface area (Å²) in [6, 6.07) is 24.1. The highest BCUT2D eigenvalue weighted by molar-refractivity contribution is 6.29. The summed E-state index contributed by atoms with van der Waals surface area (Å²) in [5.74, 6) is -0.277. The summed E-state index contributed by atoms with van der Waals surface area (Å²) >= 11 is 0. The second-order valence-electron chi connectivity index (χ2n) is 6.05. The molecule has 0 aliphatic heterocycles. The average molecular weight is 328 g/mol. The van der Waals surface area contributed by atoms with Crippen molar-refractivity contribution in [3.05, 3.63) is 101 Å². The van der Waals surface area contributed by atoms with Crippen LogP contribution in [0, 0.1) is 0 Å². The molecule has 0 aromatic heterocycles. The Hall–Kier alpha value is -3.20. The molecule has 1 aliphatic carbocycles. The van der Waals surface area contributed by atoms with Gasteiger partial charge in [0.25, 0.3) is 0 Å². The lowest BCUT2D eigenvalue weighted by atomic mass is 9.94. The van der Waals surface area contributed by atoms with Crippen LogP contribution in [0.4, 0.5) is 0 Å². The Kier molecular flexibility index (Phi) is 3.90. The summed E-state index contributed by atoms with van der Waals surface area (Å²) in [4.78, 5) is 25.1. The number of rotatable bonds is 4. The Morgan fingerprint density at radius 1 is 0.680 bits per heavy atom. The van der Waals surface area contributed by atoms with Crippen LogP contribution in [0.2, 0.25) is 0 Å². The maximum Gasteiger partial charge on any atom is 0.178 e. The van der Waals surface area contributed by atoms with Gasteiger partial charge in [-0.05, 0) is 23.3 Å². The Morgan fingerprint density at radius 2 is 1.24 bits per heavy atom. The first-order valence-electron chi connectivity index (χ1n) is 8.18. The van der Waals surface area contributed by atoms with Gasteiger partial charge in [-0.25, -0.2) is 0 Å². The maximum absolute atomic E-state index is 12.6. The van der Waals surface area contributed by atoms with Crippen molar-refractivity contribution in [2.75, 3.05) is 0 Å². The van der Waals surface area contributed by atoms with Crippen molar-refractivity contribution in [1.29, 1.82) is 0 Å². The Balaban J connectivity index is 1.51. The molecule has 3 aromatic rings. The second-order valence-corrected chi connectivity index (χ2v) is 6.05. The van der Waals surface area contributed by atoms with Gasteiger partial charge < -0.3 is 4.74 Å². The normalized spacial score (nSPS) is 13.8. The van der Waals surface area contributed by atoms with Crippen molar-refractivity contribution in [3.8, 4) is 5.75 Å². The Bertz CT molecular complexity index is 892. The quantitative estimate of drug-likeness (QED) is 0.666. The zero-order valence-electron chi connectivity index (χ0n) is 13.5. The Morgan fingerprint density at radius 3 is 1.84 bits per heavy atom. The number of fused-ring (bicyclic) bond motifs is 1. The minimum atomic E-state index is -0.736. The van der Waals surface area contributed by atoms with E-state index in [0.717, 1.165) is 5.56 Å². The molecule has 0 spiro atoms. The van der Waals surface area contributed by atoms with Gasteiger partial charge in [-0.2, -0.15) is 0 Å². The number of benzene rings is 3. The van der Waals surface area contributed by atoms with Gasteiger partial charge in [-0.15, -0.1) is 0 Å². The molecule has 0 heterocycles. The number of Topliss-reactive ketones (excluding diaryl/α,β-unsaturated/α-hetero) is 2. The molecule has 0 amide bonds. The molecule has 3 nitrogen and oxygen atoms in total. The molecule has 0 saturated carbocycles. The fourth-order valence-corrected chi connectivity index (χ4v) is 3.14. The van der Waals surface area contributed by atoms with Crippen molar-refractivity contribution in [1.82, 2.24) is 0 Å². The van der Waals surface area contributed by atoms with E-state index in [-0.39, 0.29) is 11.6 Å². The molecule has 0 atom stereocenters. The average Bonchev–Trinajstić information content (AvgIpc) is 2.93. The molecular weight excluding hydrogens is 312 g/mol. The standard InChI is InChI=1S/C22H16O3/c23-21-18-8-4-5-9-19(18)22(24)20(21)16-10-12-17(13-11-16)25-14-15-6-2-1-3-7-15/h1-13,20H,14H2. The summed E-state index contributed by atoms with van der Waals surface area (Å²) in [6.07, 6.45) is 0. The molecule has 0 unspecified atom stereocenters. The van der Waals surface area contributed by atoms with Crippen LogP contribution in [0.5, 0.6) is 5.75 Å². The Labute approximate surface area is 145 Å². The van der Waals surface area contributed by atoms with E-state index in [2.05, 4.69) is 0 Å². The van der Waals surface area contributed by atoms with Crippen molar-refractivity contribution < 1.29 is 14.3 Å². The first kappa shape index (κ1) is 15.3. The predicted molar refractivity (Wildman–Crippen MR) is 95.1 cm³/mol. The highest BCUT2D eigenvalue weighted by atomic mass is 16.5. The van der Waals surface area contributed by atoms with E-state index in [9.17, 15) is 9.59 Å². The first-order chi connectivity index (χ1) is 12.2. The molecule has 3 heteroatoms. The summed E-state index contributed by atoms with van der Waals surface area (Å²) in [7, 11) is 0. The summed E-state index contributed by atoms with van der Waals surface area (Å²) < 4.78 is 5.76. The molecule has 122 valence electrons. The third kappa shape index (κ3) is 2.85. The van der Waals surface area contributed by atoms with Crippen molar-refractivity contribution in [2.24, 2.45) is 0 Å². The number of hydrogen-bond donors (Lipinski definition) is 0. The van der Waals surface area contributed by atoms with Gasteiger partial charge in [-0.3, -0.25) is 9.59 Å². The lowest BCUT2D eigenvalue weighted by molar-refractivity contribution is 0.0890. The summed E-state index contributed by atoms with van der Waals surface area (Å²) in [6.45, 7) is 0.479. The number of carbonyl (C=O) groups excluding carboxylic acids is 2. The molecule has 0 saturated heterocycles. The topological polar surface area (TPSA) is 43.4 Å². The van der Waals surface area contributed by atoms with Gasteiger partial charge in [-0.1, -0.05) is 66.7 Å². The van der Waals surface area contributed by atoms with Crippen LogP contribution >= 0.6 is 0 Å². The SMILES string of the molecule is O=C1c2ccccc2C(=O)C1c1ccc(OCc2ccccc2)cc1. The van der Waals surface area contributed by atoms with Crippen LogP contribution < -0.4 is 4.74 Å². The first-order valence-corrected chi connectivity index (χ1v) is 8.18. The van der Waals surface area contributed by atoms with Gasteiger partial charge >= 0.3 is 0 Å². The monoisotopic (exact) mass is 328 g/mol. The second kappa shape index (κ2) is 6.36. The lowest BCUT2D eigenvalue weighted by Crippen LogP contribution is -2.12. The molecule has 1 aliphatic rings. The van der Waals surface area contributed by atoms with Gasteiger partial charge in [0.05, 0.1) is 0 Å². The summed E-state index contributed by atoms with van der Waals surface area (Å²) in [5.41, 5.74) is 2.82. The van der Waals surface area contributed by atoms with Crippen LogP contribution in [0.1, 0.15) is 37.8 Å². The molecule has 0 N–H and O–H groups in total. The largest absolute Gasteiger partial charge is 0.489 e. The number of hydrogen-bond acceptors (Lipinski definition) is 3. The zero-order valence-corrected chi connectivity index (χ0v) is 13.5. The van der Waals surface area contributed by atoms with Gasteiger partial charge in [0.1, 0.15) is 18.3 Å². The molecule has 0 radical (unpaired) electrons. The number of carbonyl (C=O) groups is 2. The number of ketones is 2. The molecule has 0 fully saturated rings. The number of ether oxygens (including phenoxy) is 1. The molecule has 4 rings (SSSR count). The highest BCUT2D eigenvalue weighted by Crippen LogP contribution is 2.34. The van der Waals surface area contributed by atoms with Crippen LogP contribution in [-0.4, -0.2) is 11.6 Å². The predicted octanol–water partition coefficient (Wildman–Crippen LogP) is 4.43. The smallest absolute Gasteiger partial charge is 0.178 e. The van der Waals surface area contributed by atoms with Gasteiger partial charge in [0, 0.05) is 11.1 Å². The molecular formula is C22H16O3. The summed E-state index contributed by atoms with van der Waals surface area (Å²) in [5, 5.41) is 0. The molecule has 25 heavy (non-hydrogen) atoms. The third-order valence-corrected chi connectivity index (χ3v) is 4.44. The van der Waals surface area contributed by atoms with Crippen LogP contribution in [-0.2, 0) is 6.61 Å². The van der Waals surface area contributed by atoms with Crippen molar-refractivity contribution in [3.63, 3.8) is 0 Å². The zero-order chi connectivity index (χ0) is 17.2. The van der Waals surface area contributed by atoms with E-state index < -0.39 is 5.92 Å². The van der Waals surface area contributed by atoms with E-state index >= 15 is 0 Å². The maximum atomic E-state index is 12.6. The lowest BCUT2D eigenvalue weighted by Gasteiger charge is -2.10. The third-order valence-electron chi connectivity index (χ3n) is 4.44. The van der Waals surface area contributed by atoms with E-state index in [1.807, 2.05) is 42.5 Å². The van der Waals surface area contributed by atoms with Crippen molar-refractivity contribution in [2.45, 2.75) is 12.5 Å². The van der Waals surface area contributed by atoms with E-state index in [4.69, 9.17) is 4.74 Å².